The summed E-state index contributed by atoms with van der Waals surface area (Å²) < 4.78 is 1.39. The van der Waals surface area contributed by atoms with Gasteiger partial charge in [-0.1, -0.05) is 6.07 Å². The minimum atomic E-state index is -0.0960. The van der Waals surface area contributed by atoms with Gasteiger partial charge in [-0.05, 0) is 29.5 Å². The summed E-state index contributed by atoms with van der Waals surface area (Å²) in [6, 6.07) is 5.39. The summed E-state index contributed by atoms with van der Waals surface area (Å²) in [5, 5.41) is 10.7. The van der Waals surface area contributed by atoms with Crippen LogP contribution in [0.5, 0.6) is 0 Å². The molecule has 3 heterocycles. The molecule has 2 amide bonds. The van der Waals surface area contributed by atoms with Crippen LogP contribution < -0.4 is 0 Å². The van der Waals surface area contributed by atoms with Crippen LogP contribution in [0.2, 0.25) is 0 Å². The average molecular weight is 315 g/mol. The standard InChI is InChI=1S/C14H17N7O2/c1-11-3-2-4-12(16-11)14(23)20-7-5-19(6-8-20)13(22)9-21-10-15-17-18-21/h2-4,10H,5-9H2,1H3. The molecule has 2 aromatic rings. The molecule has 0 aromatic carbocycles. The lowest BCUT2D eigenvalue weighted by Crippen LogP contribution is -2.51. The summed E-state index contributed by atoms with van der Waals surface area (Å²) in [7, 11) is 0. The number of carbonyl (C=O) groups is 2. The molecule has 1 aliphatic heterocycles. The molecule has 9 heteroatoms. The van der Waals surface area contributed by atoms with E-state index < -0.39 is 0 Å². The molecule has 0 unspecified atom stereocenters. The first-order chi connectivity index (χ1) is 11.1. The highest BCUT2D eigenvalue weighted by Crippen LogP contribution is 2.08. The highest BCUT2D eigenvalue weighted by atomic mass is 16.2. The lowest BCUT2D eigenvalue weighted by molar-refractivity contribution is -0.133. The van der Waals surface area contributed by atoms with Crippen LogP contribution in [0.25, 0.3) is 0 Å². The predicted molar refractivity (Wildman–Crippen MR) is 79.3 cm³/mol. The number of amides is 2. The molecule has 0 spiro atoms. The minimum absolute atomic E-state index is 0.0573. The number of hydrogen-bond donors (Lipinski definition) is 0. The van der Waals surface area contributed by atoms with Crippen LogP contribution in [0.1, 0.15) is 16.2 Å². The molecule has 23 heavy (non-hydrogen) atoms. The maximum Gasteiger partial charge on any atom is 0.272 e. The van der Waals surface area contributed by atoms with E-state index in [1.165, 1.54) is 11.0 Å². The van der Waals surface area contributed by atoms with Crippen molar-refractivity contribution in [3.8, 4) is 0 Å². The average Bonchev–Trinajstić information content (AvgIpc) is 3.07. The molecule has 0 atom stereocenters. The number of rotatable bonds is 3. The lowest BCUT2D eigenvalue weighted by Gasteiger charge is -2.34. The molecule has 1 aliphatic rings. The van der Waals surface area contributed by atoms with Crippen LogP contribution in [0.4, 0.5) is 0 Å². The zero-order valence-electron chi connectivity index (χ0n) is 12.8. The van der Waals surface area contributed by atoms with Gasteiger partial charge in [0, 0.05) is 31.9 Å². The Kier molecular flexibility index (Phi) is 4.26. The van der Waals surface area contributed by atoms with Gasteiger partial charge in [-0.2, -0.15) is 0 Å². The van der Waals surface area contributed by atoms with Crippen LogP contribution in [-0.2, 0) is 11.3 Å². The van der Waals surface area contributed by atoms with E-state index in [9.17, 15) is 9.59 Å². The molecule has 0 aliphatic carbocycles. The van der Waals surface area contributed by atoms with E-state index in [4.69, 9.17) is 0 Å². The number of tetrazole rings is 1. The van der Waals surface area contributed by atoms with Crippen LogP contribution in [0.15, 0.2) is 24.5 Å². The first kappa shape index (κ1) is 15.1. The number of carbonyl (C=O) groups excluding carboxylic acids is 2. The van der Waals surface area contributed by atoms with Crippen molar-refractivity contribution in [3.63, 3.8) is 0 Å². The lowest BCUT2D eigenvalue weighted by atomic mass is 10.2. The summed E-state index contributed by atoms with van der Waals surface area (Å²) >= 11 is 0. The Morgan fingerprint density at radius 2 is 1.87 bits per heavy atom. The molecule has 1 fully saturated rings. The van der Waals surface area contributed by atoms with Crippen molar-refractivity contribution < 1.29 is 9.59 Å². The zero-order valence-corrected chi connectivity index (χ0v) is 12.8. The van der Waals surface area contributed by atoms with E-state index in [-0.39, 0.29) is 18.4 Å². The van der Waals surface area contributed by atoms with Gasteiger partial charge in [0.25, 0.3) is 5.91 Å². The first-order valence-electron chi connectivity index (χ1n) is 7.35. The number of piperazine rings is 1. The molecule has 0 saturated carbocycles. The van der Waals surface area contributed by atoms with Gasteiger partial charge in [-0.3, -0.25) is 9.59 Å². The second kappa shape index (κ2) is 6.51. The summed E-state index contributed by atoms with van der Waals surface area (Å²) in [6.07, 6.45) is 1.40. The largest absolute Gasteiger partial charge is 0.338 e. The maximum absolute atomic E-state index is 12.4. The van der Waals surface area contributed by atoms with Crippen molar-refractivity contribution in [1.82, 2.24) is 35.0 Å². The molecule has 3 rings (SSSR count). The Labute approximate surface area is 132 Å². The summed E-state index contributed by atoms with van der Waals surface area (Å²) in [5.41, 5.74) is 1.25. The number of pyridine rings is 1. The second-order valence-electron chi connectivity index (χ2n) is 5.34. The topological polar surface area (TPSA) is 97.1 Å². The fraction of sp³-hybridized carbons (Fsp3) is 0.429. The molecule has 1 saturated heterocycles. The third kappa shape index (κ3) is 3.50. The second-order valence-corrected chi connectivity index (χ2v) is 5.34. The van der Waals surface area contributed by atoms with Crippen molar-refractivity contribution in [2.24, 2.45) is 0 Å². The molecule has 0 N–H and O–H groups in total. The minimum Gasteiger partial charge on any atom is -0.338 e. The molecule has 120 valence electrons. The Bertz CT molecular complexity index is 693. The monoisotopic (exact) mass is 315 g/mol. The fourth-order valence-corrected chi connectivity index (χ4v) is 2.47. The normalized spacial score (nSPS) is 14.8. The quantitative estimate of drug-likeness (QED) is 0.747. The van der Waals surface area contributed by atoms with E-state index >= 15 is 0 Å². The molecule has 0 radical (unpaired) electrons. The highest BCUT2D eigenvalue weighted by molar-refractivity contribution is 5.92. The van der Waals surface area contributed by atoms with E-state index in [1.807, 2.05) is 19.1 Å². The number of nitrogens with zero attached hydrogens (tertiary/aromatic N) is 7. The van der Waals surface area contributed by atoms with Gasteiger partial charge < -0.3 is 9.80 Å². The van der Waals surface area contributed by atoms with E-state index in [1.54, 1.807) is 15.9 Å². The van der Waals surface area contributed by atoms with Gasteiger partial charge in [-0.15, -0.1) is 5.10 Å². The molecule has 2 aromatic heterocycles. The van der Waals surface area contributed by atoms with Crippen LogP contribution in [0, 0.1) is 6.92 Å². The molecular formula is C14H17N7O2. The van der Waals surface area contributed by atoms with Gasteiger partial charge in [0.15, 0.2) is 0 Å². The highest BCUT2D eigenvalue weighted by Gasteiger charge is 2.25. The van der Waals surface area contributed by atoms with Gasteiger partial charge in [-0.25, -0.2) is 9.67 Å². The summed E-state index contributed by atoms with van der Waals surface area (Å²) in [6.45, 7) is 3.95. The van der Waals surface area contributed by atoms with Crippen molar-refractivity contribution in [1.29, 1.82) is 0 Å². The Hall–Kier alpha value is -2.84. The van der Waals surface area contributed by atoms with Crippen molar-refractivity contribution in [3.05, 3.63) is 35.9 Å². The van der Waals surface area contributed by atoms with Gasteiger partial charge in [0.05, 0.1) is 0 Å². The van der Waals surface area contributed by atoms with Crippen LogP contribution in [0.3, 0.4) is 0 Å². The van der Waals surface area contributed by atoms with E-state index in [0.717, 1.165) is 5.69 Å². The van der Waals surface area contributed by atoms with Crippen molar-refractivity contribution >= 4 is 11.8 Å². The first-order valence-corrected chi connectivity index (χ1v) is 7.35. The van der Waals surface area contributed by atoms with Crippen molar-refractivity contribution in [2.45, 2.75) is 13.5 Å². The fourth-order valence-electron chi connectivity index (χ4n) is 2.47. The summed E-state index contributed by atoms with van der Waals surface area (Å²) in [4.78, 5) is 32.3. The third-order valence-corrected chi connectivity index (χ3v) is 3.72. The van der Waals surface area contributed by atoms with E-state index in [0.29, 0.717) is 31.9 Å². The third-order valence-electron chi connectivity index (χ3n) is 3.72. The van der Waals surface area contributed by atoms with E-state index in [2.05, 4.69) is 20.5 Å². The Balaban J connectivity index is 1.55. The zero-order chi connectivity index (χ0) is 16.2. The van der Waals surface area contributed by atoms with Gasteiger partial charge in [0.1, 0.15) is 18.6 Å². The number of hydrogen-bond acceptors (Lipinski definition) is 6. The van der Waals surface area contributed by atoms with Gasteiger partial charge >= 0.3 is 0 Å². The van der Waals surface area contributed by atoms with Gasteiger partial charge in [0.2, 0.25) is 5.91 Å². The Morgan fingerprint density at radius 3 is 2.52 bits per heavy atom. The van der Waals surface area contributed by atoms with Crippen LogP contribution in [-0.4, -0.2) is 73.0 Å². The predicted octanol–water partition coefficient (Wildman–Crippen LogP) is -0.639. The molecule has 9 nitrogen and oxygen atoms in total. The Morgan fingerprint density at radius 1 is 1.13 bits per heavy atom. The van der Waals surface area contributed by atoms with Crippen molar-refractivity contribution in [2.75, 3.05) is 26.2 Å². The maximum atomic E-state index is 12.4. The smallest absolute Gasteiger partial charge is 0.272 e. The summed E-state index contributed by atoms with van der Waals surface area (Å²) in [5.74, 6) is -0.153. The molecular weight excluding hydrogens is 298 g/mol. The number of aryl methyl sites for hydroxylation is 1. The SMILES string of the molecule is Cc1cccc(C(=O)N2CCN(C(=O)Cn3cnnn3)CC2)n1. The molecule has 0 bridgehead atoms. The number of aromatic nitrogens is 5. The van der Waals surface area contributed by atoms with Crippen LogP contribution >= 0.6 is 0 Å².